The molecule has 138 valence electrons. The summed E-state index contributed by atoms with van der Waals surface area (Å²) < 4.78 is 11.3. The monoisotopic (exact) mass is 346 g/mol. The predicted molar refractivity (Wildman–Crippen MR) is 100 cm³/mol. The summed E-state index contributed by atoms with van der Waals surface area (Å²) in [4.78, 5) is 6.72. The van der Waals surface area contributed by atoms with E-state index >= 15 is 0 Å². The Kier molecular flexibility index (Phi) is 6.94. The Morgan fingerprint density at radius 2 is 2.04 bits per heavy atom. The van der Waals surface area contributed by atoms with Crippen molar-refractivity contribution in [2.24, 2.45) is 10.9 Å². The summed E-state index contributed by atoms with van der Waals surface area (Å²) in [6.07, 6.45) is 2.61. The van der Waals surface area contributed by atoms with E-state index in [2.05, 4.69) is 32.7 Å². The largest absolute Gasteiger partial charge is 0.493 e. The number of benzene rings is 1. The van der Waals surface area contributed by atoms with E-state index in [1.807, 2.05) is 12.1 Å². The number of para-hydroxylation sites is 1. The summed E-state index contributed by atoms with van der Waals surface area (Å²) in [5.41, 5.74) is 1.17. The Balaban J connectivity index is 1.41. The van der Waals surface area contributed by atoms with Gasteiger partial charge in [-0.15, -0.1) is 0 Å². The average molecular weight is 346 g/mol. The van der Waals surface area contributed by atoms with E-state index in [1.54, 1.807) is 7.05 Å². The molecule has 1 aromatic rings. The van der Waals surface area contributed by atoms with Crippen LogP contribution in [0.25, 0.3) is 0 Å². The smallest absolute Gasteiger partial charge is 0.191 e. The Hall–Kier alpha value is -1.79. The van der Waals surface area contributed by atoms with Crippen LogP contribution >= 0.6 is 0 Å². The van der Waals surface area contributed by atoms with Crippen LogP contribution in [0.2, 0.25) is 0 Å². The fourth-order valence-corrected chi connectivity index (χ4v) is 2.84. The zero-order chi connectivity index (χ0) is 17.3. The van der Waals surface area contributed by atoms with Gasteiger partial charge in [0, 0.05) is 45.3 Å². The first-order valence-corrected chi connectivity index (χ1v) is 9.30. The summed E-state index contributed by atoms with van der Waals surface area (Å²) in [5, 5.41) is 6.77. The molecule has 0 bridgehead atoms. The molecule has 1 saturated heterocycles. The molecule has 0 spiro atoms. The molecule has 1 aliphatic heterocycles. The lowest BCUT2D eigenvalue weighted by molar-refractivity contribution is 0.0389. The van der Waals surface area contributed by atoms with Crippen LogP contribution < -0.4 is 15.4 Å². The molecule has 1 aliphatic carbocycles. The van der Waals surface area contributed by atoms with E-state index in [0.29, 0.717) is 6.54 Å². The highest BCUT2D eigenvalue weighted by molar-refractivity contribution is 5.79. The highest BCUT2D eigenvalue weighted by Crippen LogP contribution is 2.30. The molecule has 2 aliphatic rings. The van der Waals surface area contributed by atoms with Gasteiger partial charge in [0.15, 0.2) is 5.96 Å². The lowest BCUT2D eigenvalue weighted by Crippen LogP contribution is -2.44. The molecule has 2 fully saturated rings. The first-order valence-electron chi connectivity index (χ1n) is 9.30. The van der Waals surface area contributed by atoms with Gasteiger partial charge in [-0.3, -0.25) is 9.89 Å². The van der Waals surface area contributed by atoms with Crippen LogP contribution in [-0.2, 0) is 11.3 Å². The van der Waals surface area contributed by atoms with Gasteiger partial charge in [0.05, 0.1) is 19.8 Å². The molecule has 0 aromatic heterocycles. The number of guanidine groups is 1. The number of hydrogen-bond acceptors (Lipinski definition) is 4. The van der Waals surface area contributed by atoms with Crippen molar-refractivity contribution in [2.75, 3.05) is 53.0 Å². The molecule has 25 heavy (non-hydrogen) atoms. The van der Waals surface area contributed by atoms with E-state index in [4.69, 9.17) is 9.47 Å². The second-order valence-electron chi connectivity index (χ2n) is 6.67. The number of aliphatic imine (C=N–C) groups is 1. The molecule has 0 radical (unpaired) electrons. The molecular weight excluding hydrogens is 316 g/mol. The minimum absolute atomic E-state index is 0.706. The number of hydrogen-bond donors (Lipinski definition) is 2. The standard InChI is InChI=1S/C19H30N4O2/c1-20-19(21-8-9-23-10-12-24-13-11-23)22-14-17-4-2-3-5-18(17)25-15-16-6-7-16/h2-5,16H,6-15H2,1H3,(H2,20,21,22). The molecule has 0 atom stereocenters. The Morgan fingerprint density at radius 1 is 1.24 bits per heavy atom. The van der Waals surface area contributed by atoms with Crippen LogP contribution in [-0.4, -0.2) is 63.9 Å². The quantitative estimate of drug-likeness (QED) is 0.551. The van der Waals surface area contributed by atoms with Crippen LogP contribution in [0.4, 0.5) is 0 Å². The van der Waals surface area contributed by atoms with Gasteiger partial charge in [-0.2, -0.15) is 0 Å². The number of morpholine rings is 1. The third kappa shape index (κ3) is 6.21. The zero-order valence-corrected chi connectivity index (χ0v) is 15.2. The van der Waals surface area contributed by atoms with E-state index in [0.717, 1.165) is 63.6 Å². The van der Waals surface area contributed by atoms with E-state index in [-0.39, 0.29) is 0 Å². The Bertz CT molecular complexity index is 554. The Morgan fingerprint density at radius 3 is 2.80 bits per heavy atom. The normalized spacial score (nSPS) is 18.8. The van der Waals surface area contributed by atoms with Gasteiger partial charge in [0.1, 0.15) is 5.75 Å². The lowest BCUT2D eigenvalue weighted by Gasteiger charge is -2.26. The van der Waals surface area contributed by atoms with E-state index in [9.17, 15) is 0 Å². The average Bonchev–Trinajstić information content (AvgIpc) is 3.49. The molecular formula is C19H30N4O2. The molecule has 2 N–H and O–H groups in total. The van der Waals surface area contributed by atoms with Crippen LogP contribution in [0.15, 0.2) is 29.3 Å². The van der Waals surface area contributed by atoms with Gasteiger partial charge >= 0.3 is 0 Å². The van der Waals surface area contributed by atoms with Crippen molar-refractivity contribution in [3.8, 4) is 5.75 Å². The predicted octanol–water partition coefficient (Wildman–Crippen LogP) is 1.47. The van der Waals surface area contributed by atoms with Gasteiger partial charge in [-0.05, 0) is 24.8 Å². The third-order valence-electron chi connectivity index (χ3n) is 4.64. The summed E-state index contributed by atoms with van der Waals surface area (Å²) in [5.74, 6) is 2.56. The van der Waals surface area contributed by atoms with Gasteiger partial charge in [-0.25, -0.2) is 0 Å². The molecule has 6 nitrogen and oxygen atoms in total. The summed E-state index contributed by atoms with van der Waals surface area (Å²) in [7, 11) is 1.81. The first kappa shape index (κ1) is 18.0. The Labute approximate surface area is 150 Å². The number of nitrogens with zero attached hydrogens (tertiary/aromatic N) is 2. The van der Waals surface area contributed by atoms with Crippen molar-refractivity contribution < 1.29 is 9.47 Å². The fraction of sp³-hybridized carbons (Fsp3) is 0.632. The summed E-state index contributed by atoms with van der Waals surface area (Å²) >= 11 is 0. The molecule has 1 aromatic carbocycles. The van der Waals surface area contributed by atoms with Crippen molar-refractivity contribution in [2.45, 2.75) is 19.4 Å². The molecule has 0 amide bonds. The fourth-order valence-electron chi connectivity index (χ4n) is 2.84. The van der Waals surface area contributed by atoms with Crippen LogP contribution in [0, 0.1) is 5.92 Å². The second kappa shape index (κ2) is 9.63. The highest BCUT2D eigenvalue weighted by atomic mass is 16.5. The third-order valence-corrected chi connectivity index (χ3v) is 4.64. The number of ether oxygens (including phenoxy) is 2. The number of nitrogens with one attached hydrogen (secondary N) is 2. The van der Waals surface area contributed by atoms with E-state index < -0.39 is 0 Å². The minimum Gasteiger partial charge on any atom is -0.493 e. The zero-order valence-electron chi connectivity index (χ0n) is 15.2. The lowest BCUT2D eigenvalue weighted by atomic mass is 10.2. The maximum absolute atomic E-state index is 5.97. The van der Waals surface area contributed by atoms with Crippen LogP contribution in [0.1, 0.15) is 18.4 Å². The topological polar surface area (TPSA) is 58.1 Å². The maximum atomic E-state index is 5.97. The van der Waals surface area contributed by atoms with Crippen molar-refractivity contribution in [1.82, 2.24) is 15.5 Å². The molecule has 3 rings (SSSR count). The molecule has 1 heterocycles. The van der Waals surface area contributed by atoms with Crippen molar-refractivity contribution in [3.05, 3.63) is 29.8 Å². The minimum atomic E-state index is 0.706. The van der Waals surface area contributed by atoms with Crippen molar-refractivity contribution >= 4 is 5.96 Å². The van der Waals surface area contributed by atoms with Gasteiger partial charge in [0.25, 0.3) is 0 Å². The van der Waals surface area contributed by atoms with E-state index in [1.165, 1.54) is 18.4 Å². The maximum Gasteiger partial charge on any atom is 0.191 e. The van der Waals surface area contributed by atoms with Crippen LogP contribution in [0.3, 0.4) is 0 Å². The van der Waals surface area contributed by atoms with Crippen molar-refractivity contribution in [3.63, 3.8) is 0 Å². The number of rotatable bonds is 8. The van der Waals surface area contributed by atoms with Gasteiger partial charge in [0.2, 0.25) is 0 Å². The SMILES string of the molecule is CN=C(NCCN1CCOCC1)NCc1ccccc1OCC1CC1. The van der Waals surface area contributed by atoms with Crippen molar-refractivity contribution in [1.29, 1.82) is 0 Å². The van der Waals surface area contributed by atoms with Gasteiger partial charge < -0.3 is 20.1 Å². The molecule has 1 saturated carbocycles. The van der Waals surface area contributed by atoms with Crippen LogP contribution in [0.5, 0.6) is 5.75 Å². The van der Waals surface area contributed by atoms with Gasteiger partial charge in [-0.1, -0.05) is 18.2 Å². The molecule has 6 heteroatoms. The summed E-state index contributed by atoms with van der Waals surface area (Å²) in [6.45, 7) is 7.13. The molecule has 0 unspecified atom stereocenters. The summed E-state index contributed by atoms with van der Waals surface area (Å²) in [6, 6.07) is 8.24. The highest BCUT2D eigenvalue weighted by Gasteiger charge is 2.22. The second-order valence-corrected chi connectivity index (χ2v) is 6.67. The first-order chi connectivity index (χ1) is 12.3.